The molecule has 148 valence electrons. The second kappa shape index (κ2) is 7.75. The molecule has 29 heavy (non-hydrogen) atoms. The van der Waals surface area contributed by atoms with Gasteiger partial charge in [-0.05, 0) is 30.2 Å². The number of amidine groups is 1. The SMILES string of the molecule is CC1N=C(C(=O)NCc2ccc3c(c2)NC(=O)CO3)NC(=O)C1c1ccccc1. The Labute approximate surface area is 167 Å². The van der Waals surface area contributed by atoms with Gasteiger partial charge < -0.3 is 20.7 Å². The lowest BCUT2D eigenvalue weighted by Crippen LogP contribution is -2.50. The van der Waals surface area contributed by atoms with Crippen molar-refractivity contribution in [3.8, 4) is 5.75 Å². The molecule has 0 aliphatic carbocycles. The van der Waals surface area contributed by atoms with Gasteiger partial charge in [-0.1, -0.05) is 36.4 Å². The van der Waals surface area contributed by atoms with Crippen molar-refractivity contribution in [2.75, 3.05) is 11.9 Å². The third-order valence-corrected chi connectivity index (χ3v) is 4.84. The summed E-state index contributed by atoms with van der Waals surface area (Å²) in [5.41, 5.74) is 2.20. The Bertz CT molecular complexity index is 1000. The molecule has 2 unspecified atom stereocenters. The zero-order valence-electron chi connectivity index (χ0n) is 15.8. The van der Waals surface area contributed by atoms with Crippen molar-refractivity contribution in [3.05, 3.63) is 59.7 Å². The molecular formula is C21H20N4O4. The van der Waals surface area contributed by atoms with Gasteiger partial charge in [0.05, 0.1) is 17.6 Å². The minimum atomic E-state index is -0.463. The van der Waals surface area contributed by atoms with E-state index in [2.05, 4.69) is 20.9 Å². The fourth-order valence-electron chi connectivity index (χ4n) is 3.44. The quantitative estimate of drug-likeness (QED) is 0.729. The molecule has 2 aliphatic heterocycles. The number of anilines is 1. The highest BCUT2D eigenvalue weighted by atomic mass is 16.5. The van der Waals surface area contributed by atoms with Crippen LogP contribution in [0.15, 0.2) is 53.5 Å². The number of benzene rings is 2. The second-order valence-corrected chi connectivity index (χ2v) is 6.95. The van der Waals surface area contributed by atoms with Gasteiger partial charge in [0.15, 0.2) is 12.4 Å². The van der Waals surface area contributed by atoms with Gasteiger partial charge in [-0.25, -0.2) is 0 Å². The van der Waals surface area contributed by atoms with E-state index in [-0.39, 0.29) is 36.8 Å². The van der Waals surface area contributed by atoms with Gasteiger partial charge in [-0.3, -0.25) is 19.4 Å². The molecule has 8 nitrogen and oxygen atoms in total. The first kappa shape index (κ1) is 18.7. The van der Waals surface area contributed by atoms with Crippen LogP contribution in [0.1, 0.15) is 24.0 Å². The first-order valence-electron chi connectivity index (χ1n) is 9.28. The number of rotatable bonds is 4. The Balaban J connectivity index is 1.42. The molecule has 2 aromatic rings. The number of aliphatic imine (C=N–C) groups is 1. The molecule has 0 radical (unpaired) electrons. The summed E-state index contributed by atoms with van der Waals surface area (Å²) in [5, 5.41) is 8.08. The van der Waals surface area contributed by atoms with Crippen LogP contribution in [0.4, 0.5) is 5.69 Å². The highest BCUT2D eigenvalue weighted by Gasteiger charge is 2.33. The number of nitrogens with one attached hydrogen (secondary N) is 3. The number of fused-ring (bicyclic) bond motifs is 1. The summed E-state index contributed by atoms with van der Waals surface area (Å²) < 4.78 is 5.32. The van der Waals surface area contributed by atoms with Crippen molar-refractivity contribution < 1.29 is 19.1 Å². The first-order valence-corrected chi connectivity index (χ1v) is 9.28. The molecule has 0 spiro atoms. The van der Waals surface area contributed by atoms with E-state index in [0.717, 1.165) is 11.1 Å². The Morgan fingerprint density at radius 1 is 1.17 bits per heavy atom. The van der Waals surface area contributed by atoms with Crippen LogP contribution >= 0.6 is 0 Å². The zero-order valence-corrected chi connectivity index (χ0v) is 15.8. The van der Waals surface area contributed by atoms with Crippen LogP contribution < -0.4 is 20.7 Å². The summed E-state index contributed by atoms with van der Waals surface area (Å²) in [4.78, 5) is 40.9. The van der Waals surface area contributed by atoms with Crippen LogP contribution in [0.2, 0.25) is 0 Å². The molecule has 0 saturated carbocycles. The fraction of sp³-hybridized carbons (Fsp3) is 0.238. The maximum Gasteiger partial charge on any atom is 0.287 e. The Kier molecular flexibility index (Phi) is 4.99. The number of carbonyl (C=O) groups is 3. The number of carbonyl (C=O) groups excluding carboxylic acids is 3. The molecule has 2 atom stereocenters. The molecule has 0 aromatic heterocycles. The number of hydrogen-bond donors (Lipinski definition) is 3. The molecule has 8 heteroatoms. The average Bonchev–Trinajstić information content (AvgIpc) is 2.72. The van der Waals surface area contributed by atoms with Gasteiger partial charge >= 0.3 is 0 Å². The van der Waals surface area contributed by atoms with Crippen molar-refractivity contribution in [2.24, 2.45) is 4.99 Å². The molecule has 2 aliphatic rings. The average molecular weight is 392 g/mol. The number of hydrogen-bond acceptors (Lipinski definition) is 5. The number of ether oxygens (including phenoxy) is 1. The Hall–Kier alpha value is -3.68. The molecule has 0 saturated heterocycles. The summed E-state index contributed by atoms with van der Waals surface area (Å²) in [6.07, 6.45) is 0. The predicted octanol–water partition coefficient (Wildman–Crippen LogP) is 1.33. The third-order valence-electron chi connectivity index (χ3n) is 4.84. The summed E-state index contributed by atoms with van der Waals surface area (Å²) in [6.45, 7) is 2.02. The van der Waals surface area contributed by atoms with Crippen molar-refractivity contribution in [1.29, 1.82) is 0 Å². The molecular weight excluding hydrogens is 372 g/mol. The standard InChI is InChI=1S/C21H20N4O4/c1-12-18(14-5-3-2-4-6-14)20(27)25-19(23-12)21(28)22-10-13-7-8-16-15(9-13)24-17(26)11-29-16/h2-9,12,18H,10-11H2,1H3,(H,22,28)(H,24,26)(H,23,25,27). The summed E-state index contributed by atoms with van der Waals surface area (Å²) >= 11 is 0. The zero-order chi connectivity index (χ0) is 20.4. The van der Waals surface area contributed by atoms with Gasteiger partial charge in [0.1, 0.15) is 5.75 Å². The van der Waals surface area contributed by atoms with Crippen LogP contribution in [0.3, 0.4) is 0 Å². The highest BCUT2D eigenvalue weighted by molar-refractivity contribution is 6.41. The van der Waals surface area contributed by atoms with Gasteiger partial charge in [0, 0.05) is 6.54 Å². The lowest BCUT2D eigenvalue weighted by molar-refractivity contribution is -0.123. The van der Waals surface area contributed by atoms with E-state index in [0.29, 0.717) is 11.4 Å². The predicted molar refractivity (Wildman–Crippen MR) is 107 cm³/mol. The van der Waals surface area contributed by atoms with Gasteiger partial charge in [0.25, 0.3) is 11.8 Å². The van der Waals surface area contributed by atoms with E-state index in [1.54, 1.807) is 18.2 Å². The third kappa shape index (κ3) is 3.96. The maximum atomic E-state index is 12.6. The molecule has 3 amide bonds. The second-order valence-electron chi connectivity index (χ2n) is 6.95. The monoisotopic (exact) mass is 392 g/mol. The molecule has 0 bridgehead atoms. The topological polar surface area (TPSA) is 109 Å². The smallest absolute Gasteiger partial charge is 0.287 e. The normalized spacial score (nSPS) is 20.5. The minimum absolute atomic E-state index is 0.00396. The Morgan fingerprint density at radius 3 is 2.72 bits per heavy atom. The van der Waals surface area contributed by atoms with Gasteiger partial charge in [0.2, 0.25) is 5.91 Å². The van der Waals surface area contributed by atoms with Crippen molar-refractivity contribution in [1.82, 2.24) is 10.6 Å². The minimum Gasteiger partial charge on any atom is -0.482 e. The van der Waals surface area contributed by atoms with E-state index < -0.39 is 11.8 Å². The summed E-state index contributed by atoms with van der Waals surface area (Å²) in [6, 6.07) is 14.3. The van der Waals surface area contributed by atoms with Crippen LogP contribution in [-0.2, 0) is 20.9 Å². The summed E-state index contributed by atoms with van der Waals surface area (Å²) in [5.74, 6) is -0.780. The molecule has 2 heterocycles. The van der Waals surface area contributed by atoms with Crippen molar-refractivity contribution in [3.63, 3.8) is 0 Å². The summed E-state index contributed by atoms with van der Waals surface area (Å²) in [7, 11) is 0. The van der Waals surface area contributed by atoms with E-state index in [9.17, 15) is 14.4 Å². The van der Waals surface area contributed by atoms with Crippen molar-refractivity contribution >= 4 is 29.2 Å². The molecule has 3 N–H and O–H groups in total. The fourth-order valence-corrected chi connectivity index (χ4v) is 3.44. The number of nitrogens with zero attached hydrogens (tertiary/aromatic N) is 1. The van der Waals surface area contributed by atoms with Gasteiger partial charge in [-0.15, -0.1) is 0 Å². The lowest BCUT2D eigenvalue weighted by Gasteiger charge is -2.26. The number of amides is 3. The molecule has 2 aromatic carbocycles. The van der Waals surface area contributed by atoms with Crippen LogP contribution in [-0.4, -0.2) is 36.2 Å². The van der Waals surface area contributed by atoms with Crippen LogP contribution in [0.25, 0.3) is 0 Å². The van der Waals surface area contributed by atoms with Gasteiger partial charge in [-0.2, -0.15) is 0 Å². The van der Waals surface area contributed by atoms with E-state index in [1.165, 1.54) is 0 Å². The van der Waals surface area contributed by atoms with Crippen LogP contribution in [0.5, 0.6) is 5.75 Å². The Morgan fingerprint density at radius 2 is 1.97 bits per heavy atom. The lowest BCUT2D eigenvalue weighted by atomic mass is 9.90. The maximum absolute atomic E-state index is 12.6. The van der Waals surface area contributed by atoms with E-state index in [1.807, 2.05) is 37.3 Å². The first-order chi connectivity index (χ1) is 14.0. The van der Waals surface area contributed by atoms with Crippen molar-refractivity contribution in [2.45, 2.75) is 25.4 Å². The van der Waals surface area contributed by atoms with Crippen LogP contribution in [0, 0.1) is 0 Å². The highest BCUT2D eigenvalue weighted by Crippen LogP contribution is 2.28. The van der Waals surface area contributed by atoms with E-state index >= 15 is 0 Å². The molecule has 0 fully saturated rings. The van der Waals surface area contributed by atoms with E-state index in [4.69, 9.17) is 4.74 Å². The largest absolute Gasteiger partial charge is 0.482 e. The molecule has 4 rings (SSSR count).